The van der Waals surface area contributed by atoms with Crippen molar-refractivity contribution in [3.05, 3.63) is 42.5 Å². The monoisotopic (exact) mass is 359 g/mol. The first-order chi connectivity index (χ1) is 12.7. The number of urea groups is 1. The van der Waals surface area contributed by atoms with Crippen molar-refractivity contribution in [2.45, 2.75) is 25.0 Å². The van der Waals surface area contributed by atoms with Gasteiger partial charge in [-0.3, -0.25) is 9.67 Å². The van der Waals surface area contributed by atoms with Crippen LogP contribution >= 0.6 is 0 Å². The van der Waals surface area contributed by atoms with Crippen molar-refractivity contribution < 1.29 is 14.3 Å². The topological polar surface area (TPSA) is 81.5 Å². The van der Waals surface area contributed by atoms with Gasteiger partial charge in [-0.25, -0.2) is 4.79 Å². The Morgan fingerprint density at radius 2 is 2.15 bits per heavy atom. The summed E-state index contributed by atoms with van der Waals surface area (Å²) in [6, 6.07) is 5.32. The lowest BCUT2D eigenvalue weighted by Gasteiger charge is -2.33. The van der Waals surface area contributed by atoms with E-state index in [0.717, 1.165) is 24.3 Å². The van der Waals surface area contributed by atoms with Crippen LogP contribution in [0.15, 0.2) is 36.8 Å². The van der Waals surface area contributed by atoms with Gasteiger partial charge in [-0.1, -0.05) is 0 Å². The second-order valence-electron chi connectivity index (χ2n) is 6.33. The Bertz CT molecular complexity index is 698. The van der Waals surface area contributed by atoms with Crippen molar-refractivity contribution >= 4 is 6.03 Å². The molecule has 3 rings (SSSR count). The third kappa shape index (κ3) is 4.51. The minimum atomic E-state index is -0.232. The molecule has 0 saturated carbocycles. The summed E-state index contributed by atoms with van der Waals surface area (Å²) in [5.74, 6) is 0.770. The fourth-order valence-electron chi connectivity index (χ4n) is 3.12. The summed E-state index contributed by atoms with van der Waals surface area (Å²) >= 11 is 0. The molecule has 0 radical (unpaired) electrons. The number of likely N-dealkylation sites (tertiary alicyclic amines) is 1. The fraction of sp³-hybridized carbons (Fsp3) is 0.500. The number of aryl methyl sites for hydroxylation is 1. The quantitative estimate of drug-likeness (QED) is 0.850. The van der Waals surface area contributed by atoms with E-state index in [0.29, 0.717) is 19.7 Å². The molecule has 26 heavy (non-hydrogen) atoms. The highest BCUT2D eigenvalue weighted by atomic mass is 16.5. The molecule has 0 unspecified atom stereocenters. The van der Waals surface area contributed by atoms with Crippen LogP contribution in [0.4, 0.5) is 4.79 Å². The number of hydrogen-bond acceptors (Lipinski definition) is 5. The standard InChI is InChI=1S/C18H25N5O3/c1-22-17(5-9-20-22)16(13-25-2)21-18(24)23-10-6-14(7-11-23)26-15-4-3-8-19-12-15/h3-5,8-9,12,14,16H,6-7,10-11,13H2,1-2H3,(H,21,24)/t16-/m0/s1. The maximum absolute atomic E-state index is 12.6. The van der Waals surface area contributed by atoms with E-state index in [9.17, 15) is 4.79 Å². The van der Waals surface area contributed by atoms with Crippen LogP contribution < -0.4 is 10.1 Å². The van der Waals surface area contributed by atoms with Gasteiger partial charge >= 0.3 is 6.03 Å². The van der Waals surface area contributed by atoms with Crippen molar-refractivity contribution in [2.75, 3.05) is 26.8 Å². The van der Waals surface area contributed by atoms with E-state index in [-0.39, 0.29) is 18.2 Å². The molecule has 0 aliphatic carbocycles. The van der Waals surface area contributed by atoms with Gasteiger partial charge in [-0.15, -0.1) is 0 Å². The predicted octanol–water partition coefficient (Wildman–Crippen LogP) is 1.76. The van der Waals surface area contributed by atoms with Gasteiger partial charge in [0.2, 0.25) is 0 Å². The summed E-state index contributed by atoms with van der Waals surface area (Å²) < 4.78 is 12.9. The molecule has 1 aliphatic rings. The molecule has 0 spiro atoms. The summed E-state index contributed by atoms with van der Waals surface area (Å²) in [6.07, 6.45) is 6.84. The van der Waals surface area contributed by atoms with E-state index >= 15 is 0 Å². The van der Waals surface area contributed by atoms with Crippen LogP contribution in [0.2, 0.25) is 0 Å². The lowest BCUT2D eigenvalue weighted by Crippen LogP contribution is -2.48. The molecule has 3 heterocycles. The lowest BCUT2D eigenvalue weighted by molar-refractivity contribution is 0.105. The smallest absolute Gasteiger partial charge is 0.318 e. The molecule has 1 saturated heterocycles. The first kappa shape index (κ1) is 18.2. The molecule has 140 valence electrons. The Labute approximate surface area is 153 Å². The van der Waals surface area contributed by atoms with Gasteiger partial charge in [0.05, 0.1) is 24.5 Å². The van der Waals surface area contributed by atoms with Crippen LogP contribution in [0.1, 0.15) is 24.6 Å². The number of rotatable bonds is 6. The van der Waals surface area contributed by atoms with Gasteiger partial charge in [-0.05, 0) is 18.2 Å². The number of methoxy groups -OCH3 is 1. The SMILES string of the molecule is COC[C@H](NC(=O)N1CCC(Oc2cccnc2)CC1)c1ccnn1C. The Morgan fingerprint density at radius 3 is 2.77 bits per heavy atom. The third-order valence-electron chi connectivity index (χ3n) is 4.51. The molecule has 2 amide bonds. The number of aromatic nitrogens is 3. The van der Waals surface area contributed by atoms with Crippen molar-refractivity contribution in [3.63, 3.8) is 0 Å². The van der Waals surface area contributed by atoms with Crippen LogP contribution in [0, 0.1) is 0 Å². The average Bonchev–Trinajstić information content (AvgIpc) is 3.08. The number of pyridine rings is 1. The van der Waals surface area contributed by atoms with E-state index in [1.165, 1.54) is 0 Å². The van der Waals surface area contributed by atoms with Gasteiger partial charge in [0.15, 0.2) is 0 Å². The molecular weight excluding hydrogens is 334 g/mol. The molecule has 1 fully saturated rings. The number of piperidine rings is 1. The molecular formula is C18H25N5O3. The molecule has 1 N–H and O–H groups in total. The molecule has 8 heteroatoms. The number of hydrogen-bond donors (Lipinski definition) is 1. The summed E-state index contributed by atoms with van der Waals surface area (Å²) in [4.78, 5) is 18.5. The van der Waals surface area contributed by atoms with Crippen molar-refractivity contribution in [1.82, 2.24) is 25.0 Å². The number of amides is 2. The van der Waals surface area contributed by atoms with Gasteiger partial charge < -0.3 is 19.7 Å². The molecule has 1 atom stereocenters. The molecule has 0 bridgehead atoms. The fourth-order valence-corrected chi connectivity index (χ4v) is 3.12. The summed E-state index contributed by atoms with van der Waals surface area (Å²) in [5, 5.41) is 7.21. The minimum absolute atomic E-state index is 0.0897. The summed E-state index contributed by atoms with van der Waals surface area (Å²) in [6.45, 7) is 1.70. The number of nitrogens with one attached hydrogen (secondary N) is 1. The highest BCUT2D eigenvalue weighted by Crippen LogP contribution is 2.19. The van der Waals surface area contributed by atoms with Crippen molar-refractivity contribution in [3.8, 4) is 5.75 Å². The van der Waals surface area contributed by atoms with Crippen LogP contribution in [-0.4, -0.2) is 58.6 Å². The summed E-state index contributed by atoms with van der Waals surface area (Å²) in [7, 11) is 3.47. The van der Waals surface area contributed by atoms with E-state index in [2.05, 4.69) is 15.4 Å². The first-order valence-electron chi connectivity index (χ1n) is 8.76. The van der Waals surface area contributed by atoms with Gasteiger partial charge in [-0.2, -0.15) is 5.10 Å². The van der Waals surface area contributed by atoms with E-state index in [1.54, 1.807) is 30.4 Å². The molecule has 2 aromatic heterocycles. The number of carbonyl (C=O) groups excluding carboxylic acids is 1. The van der Waals surface area contributed by atoms with Gasteiger partial charge in [0, 0.05) is 52.5 Å². The first-order valence-corrected chi connectivity index (χ1v) is 8.76. The maximum atomic E-state index is 12.6. The van der Waals surface area contributed by atoms with Gasteiger partial charge in [0.1, 0.15) is 11.9 Å². The van der Waals surface area contributed by atoms with E-state index in [1.807, 2.05) is 30.1 Å². The second-order valence-corrected chi connectivity index (χ2v) is 6.33. The van der Waals surface area contributed by atoms with Crippen LogP contribution in [0.5, 0.6) is 5.75 Å². The normalized spacial score (nSPS) is 16.3. The average molecular weight is 359 g/mol. The molecule has 1 aliphatic heterocycles. The lowest BCUT2D eigenvalue weighted by atomic mass is 10.1. The zero-order valence-electron chi connectivity index (χ0n) is 15.2. The largest absolute Gasteiger partial charge is 0.489 e. The molecule has 2 aromatic rings. The minimum Gasteiger partial charge on any atom is -0.489 e. The second kappa shape index (κ2) is 8.66. The molecule has 0 aromatic carbocycles. The van der Waals surface area contributed by atoms with E-state index < -0.39 is 0 Å². The Kier molecular flexibility index (Phi) is 6.06. The number of nitrogens with zero attached hydrogens (tertiary/aromatic N) is 4. The Morgan fingerprint density at radius 1 is 1.35 bits per heavy atom. The van der Waals surface area contributed by atoms with Gasteiger partial charge in [0.25, 0.3) is 0 Å². The predicted molar refractivity (Wildman–Crippen MR) is 95.8 cm³/mol. The number of ether oxygens (including phenoxy) is 2. The summed E-state index contributed by atoms with van der Waals surface area (Å²) in [5.41, 5.74) is 0.912. The maximum Gasteiger partial charge on any atom is 0.318 e. The van der Waals surface area contributed by atoms with E-state index in [4.69, 9.17) is 9.47 Å². The van der Waals surface area contributed by atoms with Crippen molar-refractivity contribution in [1.29, 1.82) is 0 Å². The number of carbonyl (C=O) groups is 1. The zero-order chi connectivity index (χ0) is 18.4. The van der Waals surface area contributed by atoms with Crippen molar-refractivity contribution in [2.24, 2.45) is 7.05 Å². The highest BCUT2D eigenvalue weighted by Gasteiger charge is 2.26. The third-order valence-corrected chi connectivity index (χ3v) is 4.51. The van der Waals surface area contributed by atoms with Crippen LogP contribution in [-0.2, 0) is 11.8 Å². The Balaban J connectivity index is 1.52. The van der Waals surface area contributed by atoms with Crippen LogP contribution in [0.25, 0.3) is 0 Å². The Hall–Kier alpha value is -2.61. The molecule has 8 nitrogen and oxygen atoms in total. The highest BCUT2D eigenvalue weighted by molar-refractivity contribution is 5.74. The zero-order valence-corrected chi connectivity index (χ0v) is 15.2. The van der Waals surface area contributed by atoms with Crippen LogP contribution in [0.3, 0.4) is 0 Å².